The average Bonchev–Trinajstić information content (AvgIpc) is 3.45. The van der Waals surface area contributed by atoms with Gasteiger partial charge in [-0.25, -0.2) is 9.59 Å². The monoisotopic (exact) mass is 591 g/mol. The third-order valence-corrected chi connectivity index (χ3v) is 6.97. The van der Waals surface area contributed by atoms with Crippen LogP contribution in [0.25, 0.3) is 0 Å². The van der Waals surface area contributed by atoms with Crippen molar-refractivity contribution in [1.29, 1.82) is 0 Å². The van der Waals surface area contributed by atoms with Crippen LogP contribution in [0.2, 0.25) is 0 Å². The molecule has 0 bridgehead atoms. The Kier molecular flexibility index (Phi) is 10.8. The number of carbonyl (C=O) groups excluding carboxylic acids is 3. The summed E-state index contributed by atoms with van der Waals surface area (Å²) in [5.74, 6) is 0.803. The van der Waals surface area contributed by atoms with Gasteiger partial charge in [0.15, 0.2) is 11.5 Å². The number of hydrogen-bond donors (Lipinski definition) is 5. The van der Waals surface area contributed by atoms with Gasteiger partial charge < -0.3 is 40.2 Å². The van der Waals surface area contributed by atoms with Gasteiger partial charge in [-0.2, -0.15) is 0 Å². The van der Waals surface area contributed by atoms with Gasteiger partial charge in [0.1, 0.15) is 18.3 Å². The molecule has 43 heavy (non-hydrogen) atoms. The van der Waals surface area contributed by atoms with E-state index >= 15 is 0 Å². The highest BCUT2D eigenvalue weighted by molar-refractivity contribution is 5.96. The normalized spacial score (nSPS) is 13.8. The molecular weight excluding hydrogens is 552 g/mol. The third-order valence-electron chi connectivity index (χ3n) is 6.97. The fourth-order valence-electron chi connectivity index (χ4n) is 4.71. The van der Waals surface area contributed by atoms with Gasteiger partial charge in [0, 0.05) is 30.1 Å². The molecule has 0 fully saturated rings. The lowest BCUT2D eigenvalue weighted by atomic mass is 10.0. The number of amides is 3. The molecule has 0 aliphatic carbocycles. The zero-order chi connectivity index (χ0) is 30.8. The summed E-state index contributed by atoms with van der Waals surface area (Å²) in [6, 6.07) is 17.2. The van der Waals surface area contributed by atoms with Gasteiger partial charge in [0.2, 0.25) is 12.7 Å². The lowest BCUT2D eigenvalue weighted by molar-refractivity contribution is -0.894. The van der Waals surface area contributed by atoms with Gasteiger partial charge in [-0.1, -0.05) is 18.2 Å². The van der Waals surface area contributed by atoms with E-state index in [-0.39, 0.29) is 37.5 Å². The van der Waals surface area contributed by atoms with E-state index in [1.54, 1.807) is 37.3 Å². The summed E-state index contributed by atoms with van der Waals surface area (Å²) in [7, 11) is 2.09. The number of carbonyl (C=O) groups is 3. The summed E-state index contributed by atoms with van der Waals surface area (Å²) < 4.78 is 15.9. The number of benzene rings is 3. The summed E-state index contributed by atoms with van der Waals surface area (Å²) >= 11 is 0. The Morgan fingerprint density at radius 3 is 2.49 bits per heavy atom. The highest BCUT2D eigenvalue weighted by Crippen LogP contribution is 2.32. The highest BCUT2D eigenvalue weighted by Gasteiger charge is 2.24. The number of rotatable bonds is 13. The minimum atomic E-state index is -0.890. The molecule has 3 aromatic carbocycles. The molecule has 4 rings (SSSR count). The summed E-state index contributed by atoms with van der Waals surface area (Å²) in [6.45, 7) is 5.73. The molecule has 2 unspecified atom stereocenters. The lowest BCUT2D eigenvalue weighted by Gasteiger charge is -2.23. The molecular formula is C32H39N4O7+. The number of fused-ring (bicyclic) bond motifs is 1. The maximum absolute atomic E-state index is 13.4. The molecule has 1 aliphatic heterocycles. The third kappa shape index (κ3) is 9.37. The van der Waals surface area contributed by atoms with Crippen molar-refractivity contribution in [1.82, 2.24) is 10.6 Å². The first-order valence-electron chi connectivity index (χ1n) is 14.3. The number of esters is 1. The number of urea groups is 1. The highest BCUT2D eigenvalue weighted by atomic mass is 16.7. The van der Waals surface area contributed by atoms with Crippen LogP contribution < -0.4 is 30.3 Å². The molecule has 11 nitrogen and oxygen atoms in total. The van der Waals surface area contributed by atoms with Crippen LogP contribution in [0.15, 0.2) is 66.7 Å². The SMILES string of the molecule is CCOC(=O)c1cccc(NC(=O)N[C@@H](Cc2ccc(O)cc2)C(=O)NC(C)CC[NH+](C)Cc2ccc3c(c2)OCO3)c1. The standard InChI is InChI=1S/C32H38N4O7/c1-4-41-31(39)24-6-5-7-25(18-24)34-32(40)35-27(16-22-8-11-26(37)12-9-22)30(38)33-21(2)14-15-36(3)19-23-10-13-28-29(17-23)43-20-42-28/h5-13,17-18,21,27,37H,4,14-16,19-20H2,1-3H3,(H,33,38)(H2,34,35,40)/p+1/t21?,27-/m0/s1. The number of phenolic OH excluding ortho intramolecular Hbond substituents is 1. The van der Waals surface area contributed by atoms with Gasteiger partial charge in [-0.15, -0.1) is 0 Å². The zero-order valence-corrected chi connectivity index (χ0v) is 24.6. The molecule has 11 heteroatoms. The Bertz CT molecular complexity index is 1410. The zero-order valence-electron chi connectivity index (χ0n) is 24.6. The molecule has 0 radical (unpaired) electrons. The minimum absolute atomic E-state index is 0.109. The van der Waals surface area contributed by atoms with E-state index in [4.69, 9.17) is 14.2 Å². The van der Waals surface area contributed by atoms with E-state index in [1.807, 2.05) is 25.1 Å². The van der Waals surface area contributed by atoms with Gasteiger partial charge in [-0.05, 0) is 67.9 Å². The Morgan fingerprint density at radius 2 is 1.72 bits per heavy atom. The number of phenols is 1. The molecule has 1 heterocycles. The summed E-state index contributed by atoms with van der Waals surface area (Å²) in [5, 5.41) is 18.1. The Hall–Kier alpha value is -4.77. The van der Waals surface area contributed by atoms with Crippen molar-refractivity contribution >= 4 is 23.6 Å². The smallest absolute Gasteiger partial charge is 0.338 e. The molecule has 3 amide bonds. The molecule has 0 aromatic heterocycles. The van der Waals surface area contributed by atoms with Crippen molar-refractivity contribution < 1.29 is 38.6 Å². The van der Waals surface area contributed by atoms with Gasteiger partial charge >= 0.3 is 12.0 Å². The van der Waals surface area contributed by atoms with Gasteiger partial charge in [-0.3, -0.25) is 4.79 Å². The summed E-state index contributed by atoms with van der Waals surface area (Å²) in [4.78, 5) is 39.7. The van der Waals surface area contributed by atoms with Crippen molar-refractivity contribution in [3.63, 3.8) is 0 Å². The number of quaternary nitrogens is 1. The first-order valence-corrected chi connectivity index (χ1v) is 14.3. The second-order valence-corrected chi connectivity index (χ2v) is 10.6. The van der Waals surface area contributed by atoms with Crippen LogP contribution in [0.3, 0.4) is 0 Å². The molecule has 228 valence electrons. The summed E-state index contributed by atoms with van der Waals surface area (Å²) in [6.07, 6.45) is 0.936. The Balaban J connectivity index is 1.34. The Morgan fingerprint density at radius 1 is 0.977 bits per heavy atom. The lowest BCUT2D eigenvalue weighted by Crippen LogP contribution is -3.07. The number of hydrogen-bond acceptors (Lipinski definition) is 7. The predicted molar refractivity (Wildman–Crippen MR) is 160 cm³/mol. The van der Waals surface area contributed by atoms with Crippen molar-refractivity contribution in [2.75, 3.05) is 32.3 Å². The van der Waals surface area contributed by atoms with Crippen LogP contribution in [-0.2, 0) is 22.5 Å². The first-order chi connectivity index (χ1) is 20.7. The van der Waals surface area contributed by atoms with E-state index in [2.05, 4.69) is 23.0 Å². The number of anilines is 1. The fraction of sp³-hybridized carbons (Fsp3) is 0.344. The Labute approximate surface area is 251 Å². The first kappa shape index (κ1) is 31.2. The summed E-state index contributed by atoms with van der Waals surface area (Å²) in [5.41, 5.74) is 2.59. The van der Waals surface area contributed by atoms with Crippen LogP contribution in [0, 0.1) is 0 Å². The quantitative estimate of drug-likeness (QED) is 0.193. The van der Waals surface area contributed by atoms with E-state index in [0.29, 0.717) is 11.3 Å². The van der Waals surface area contributed by atoms with E-state index < -0.39 is 18.0 Å². The molecule has 1 aliphatic rings. The topological polar surface area (TPSA) is 140 Å². The molecule has 0 saturated heterocycles. The number of nitrogens with one attached hydrogen (secondary N) is 4. The van der Waals surface area contributed by atoms with Crippen LogP contribution in [-0.4, -0.2) is 62.1 Å². The van der Waals surface area contributed by atoms with Crippen LogP contribution >= 0.6 is 0 Å². The van der Waals surface area contributed by atoms with Crippen molar-refractivity contribution in [3.05, 3.63) is 83.4 Å². The van der Waals surface area contributed by atoms with E-state index in [0.717, 1.165) is 42.1 Å². The van der Waals surface area contributed by atoms with Crippen LogP contribution in [0.5, 0.6) is 17.2 Å². The second-order valence-electron chi connectivity index (χ2n) is 10.6. The minimum Gasteiger partial charge on any atom is -0.508 e. The largest absolute Gasteiger partial charge is 0.508 e. The predicted octanol–water partition coefficient (Wildman–Crippen LogP) is 2.64. The van der Waals surface area contributed by atoms with Gasteiger partial charge in [0.05, 0.1) is 25.8 Å². The van der Waals surface area contributed by atoms with E-state index in [9.17, 15) is 19.5 Å². The second kappa shape index (κ2) is 14.9. The molecule has 3 atom stereocenters. The number of ether oxygens (including phenoxy) is 3. The molecule has 5 N–H and O–H groups in total. The fourth-order valence-corrected chi connectivity index (χ4v) is 4.71. The van der Waals surface area contributed by atoms with Gasteiger partial charge in [0.25, 0.3) is 0 Å². The van der Waals surface area contributed by atoms with Crippen LogP contribution in [0.4, 0.5) is 10.5 Å². The average molecular weight is 592 g/mol. The molecule has 0 saturated carbocycles. The van der Waals surface area contributed by atoms with Crippen molar-refractivity contribution in [3.8, 4) is 17.2 Å². The molecule has 3 aromatic rings. The van der Waals surface area contributed by atoms with Crippen molar-refractivity contribution in [2.24, 2.45) is 0 Å². The van der Waals surface area contributed by atoms with Crippen molar-refractivity contribution in [2.45, 2.75) is 45.3 Å². The molecule has 0 spiro atoms. The number of aromatic hydroxyl groups is 1. The maximum Gasteiger partial charge on any atom is 0.338 e. The maximum atomic E-state index is 13.4. The van der Waals surface area contributed by atoms with Crippen LogP contribution in [0.1, 0.15) is 41.8 Å². The van der Waals surface area contributed by atoms with E-state index in [1.165, 1.54) is 23.1 Å².